The predicted octanol–water partition coefficient (Wildman–Crippen LogP) is 0.705. The molecule has 1 atom stereocenters. The van der Waals surface area contributed by atoms with Crippen molar-refractivity contribution in [3.05, 3.63) is 23.2 Å². The van der Waals surface area contributed by atoms with Crippen LogP contribution in [0.15, 0.2) is 18.2 Å². The number of carbonyl (C=O) groups excluding carboxylic acids is 3. The topological polar surface area (TPSA) is 82.6 Å². The number of amides is 3. The number of hydrogen-bond donors (Lipinski definition) is 0. The molecule has 0 aliphatic carbocycles. The van der Waals surface area contributed by atoms with Crippen molar-refractivity contribution in [2.24, 2.45) is 5.92 Å². The van der Waals surface area contributed by atoms with Gasteiger partial charge in [0.25, 0.3) is 0 Å². The fourth-order valence-electron chi connectivity index (χ4n) is 4.47. The molecule has 0 bridgehead atoms. The number of ether oxygens (including phenoxy) is 2. The Bertz CT molecular complexity index is 868. The van der Waals surface area contributed by atoms with Crippen molar-refractivity contribution in [2.45, 2.75) is 6.42 Å². The van der Waals surface area contributed by atoms with Crippen LogP contribution in [0.3, 0.4) is 0 Å². The van der Waals surface area contributed by atoms with Crippen LogP contribution in [-0.2, 0) is 19.1 Å². The maximum absolute atomic E-state index is 13.1. The number of halogens is 1. The number of nitrogens with zero attached hydrogens (tertiary/aromatic N) is 4. The number of piperazine rings is 1. The van der Waals surface area contributed by atoms with Gasteiger partial charge in [0.05, 0.1) is 38.5 Å². The summed E-state index contributed by atoms with van der Waals surface area (Å²) in [4.78, 5) is 45.6. The first-order valence-corrected chi connectivity index (χ1v) is 11.3. The molecule has 0 aromatic heterocycles. The summed E-state index contributed by atoms with van der Waals surface area (Å²) in [6.45, 7) is 5.54. The largest absolute Gasteiger partial charge is 0.495 e. The van der Waals surface area contributed by atoms with E-state index in [9.17, 15) is 14.4 Å². The predicted molar refractivity (Wildman–Crippen MR) is 119 cm³/mol. The highest BCUT2D eigenvalue weighted by Crippen LogP contribution is 2.35. The van der Waals surface area contributed by atoms with Crippen LogP contribution >= 0.6 is 11.6 Å². The maximum Gasteiger partial charge on any atom is 0.236 e. The molecular formula is C22H29ClN4O5. The molecule has 3 aliphatic heterocycles. The van der Waals surface area contributed by atoms with Gasteiger partial charge in [0.1, 0.15) is 5.75 Å². The van der Waals surface area contributed by atoms with Crippen LogP contribution in [-0.4, -0.2) is 105 Å². The Kier molecular flexibility index (Phi) is 7.17. The van der Waals surface area contributed by atoms with Crippen LogP contribution in [0.4, 0.5) is 5.69 Å². The van der Waals surface area contributed by atoms with E-state index < -0.39 is 5.92 Å². The molecule has 3 fully saturated rings. The number of rotatable bonds is 5. The van der Waals surface area contributed by atoms with Crippen LogP contribution in [0.5, 0.6) is 5.75 Å². The first-order chi connectivity index (χ1) is 15.5. The fraction of sp³-hybridized carbons (Fsp3) is 0.591. The van der Waals surface area contributed by atoms with Crippen molar-refractivity contribution < 1.29 is 23.9 Å². The van der Waals surface area contributed by atoms with E-state index in [2.05, 4.69) is 4.90 Å². The van der Waals surface area contributed by atoms with Gasteiger partial charge < -0.3 is 24.2 Å². The van der Waals surface area contributed by atoms with Crippen molar-refractivity contribution >= 4 is 35.0 Å². The molecule has 1 aromatic rings. The van der Waals surface area contributed by atoms with Gasteiger partial charge in [-0.05, 0) is 18.2 Å². The van der Waals surface area contributed by atoms with E-state index in [1.165, 1.54) is 0 Å². The Morgan fingerprint density at radius 3 is 2.50 bits per heavy atom. The normalized spacial score (nSPS) is 22.4. The highest BCUT2D eigenvalue weighted by Gasteiger charge is 2.39. The SMILES string of the molecule is COc1ccc(Cl)cc1N1CC(C(=O)N2CCN(CC(=O)N3CCOCC3)CC2)CC1=O. The lowest BCUT2D eigenvalue weighted by Gasteiger charge is -2.36. The minimum atomic E-state index is -0.396. The average Bonchev–Trinajstić information content (AvgIpc) is 3.21. The Hall–Kier alpha value is -2.36. The van der Waals surface area contributed by atoms with Gasteiger partial charge >= 0.3 is 0 Å². The lowest BCUT2D eigenvalue weighted by Crippen LogP contribution is -2.53. The van der Waals surface area contributed by atoms with Gasteiger partial charge in [0.15, 0.2) is 0 Å². The van der Waals surface area contributed by atoms with Crippen molar-refractivity contribution in [3.8, 4) is 5.75 Å². The Labute approximate surface area is 192 Å². The molecule has 0 saturated carbocycles. The number of hydrogen-bond acceptors (Lipinski definition) is 6. The van der Waals surface area contributed by atoms with Gasteiger partial charge in [0, 0.05) is 57.3 Å². The number of carbonyl (C=O) groups is 3. The summed E-state index contributed by atoms with van der Waals surface area (Å²) in [5.41, 5.74) is 0.590. The van der Waals surface area contributed by atoms with E-state index in [1.54, 1.807) is 30.2 Å². The first-order valence-electron chi connectivity index (χ1n) is 11.0. The van der Waals surface area contributed by atoms with E-state index in [1.807, 2.05) is 9.80 Å². The zero-order valence-corrected chi connectivity index (χ0v) is 19.1. The summed E-state index contributed by atoms with van der Waals surface area (Å²) >= 11 is 6.11. The van der Waals surface area contributed by atoms with Crippen molar-refractivity contribution in [2.75, 3.05) is 77.6 Å². The van der Waals surface area contributed by atoms with E-state index >= 15 is 0 Å². The van der Waals surface area contributed by atoms with Crippen LogP contribution < -0.4 is 9.64 Å². The molecule has 1 unspecified atom stereocenters. The first kappa shape index (κ1) is 22.8. The van der Waals surface area contributed by atoms with E-state index in [-0.39, 0.29) is 24.1 Å². The summed E-state index contributed by atoms with van der Waals surface area (Å²) in [5, 5.41) is 0.506. The van der Waals surface area contributed by atoms with Gasteiger partial charge in [-0.2, -0.15) is 0 Å². The average molecular weight is 465 g/mol. The molecule has 0 spiro atoms. The number of morpholine rings is 1. The zero-order valence-electron chi connectivity index (χ0n) is 18.3. The molecular weight excluding hydrogens is 436 g/mol. The lowest BCUT2D eigenvalue weighted by atomic mass is 10.1. The van der Waals surface area contributed by atoms with Gasteiger partial charge in [-0.3, -0.25) is 19.3 Å². The summed E-state index contributed by atoms with van der Waals surface area (Å²) < 4.78 is 10.7. The van der Waals surface area contributed by atoms with E-state index in [4.69, 9.17) is 21.1 Å². The fourth-order valence-corrected chi connectivity index (χ4v) is 4.63. The highest BCUT2D eigenvalue weighted by atomic mass is 35.5. The standard InChI is InChI=1S/C22H29ClN4O5/c1-31-19-3-2-17(23)13-18(19)27-14-16(12-20(27)28)22(30)26-6-4-24(5-7-26)15-21(29)25-8-10-32-11-9-25/h2-3,13,16H,4-12,14-15H2,1H3. The summed E-state index contributed by atoms with van der Waals surface area (Å²) in [7, 11) is 1.54. The third-order valence-corrected chi connectivity index (χ3v) is 6.55. The zero-order chi connectivity index (χ0) is 22.7. The van der Waals surface area contributed by atoms with Crippen molar-refractivity contribution in [3.63, 3.8) is 0 Å². The van der Waals surface area contributed by atoms with E-state index in [0.717, 1.165) is 0 Å². The molecule has 32 heavy (non-hydrogen) atoms. The second-order valence-electron chi connectivity index (χ2n) is 8.32. The van der Waals surface area contributed by atoms with Crippen LogP contribution in [0, 0.1) is 5.92 Å². The third kappa shape index (κ3) is 5.00. The number of anilines is 1. The minimum absolute atomic E-state index is 0.0130. The summed E-state index contributed by atoms with van der Waals surface area (Å²) in [6.07, 6.45) is 0.171. The number of methoxy groups -OCH3 is 1. The monoisotopic (exact) mass is 464 g/mol. The van der Waals surface area contributed by atoms with E-state index in [0.29, 0.717) is 82.0 Å². The van der Waals surface area contributed by atoms with Crippen molar-refractivity contribution in [1.82, 2.24) is 14.7 Å². The highest BCUT2D eigenvalue weighted by molar-refractivity contribution is 6.31. The Morgan fingerprint density at radius 2 is 1.81 bits per heavy atom. The molecule has 9 nitrogen and oxygen atoms in total. The number of benzene rings is 1. The smallest absolute Gasteiger partial charge is 0.236 e. The van der Waals surface area contributed by atoms with Gasteiger partial charge in [-0.25, -0.2) is 0 Å². The molecule has 4 rings (SSSR count). The van der Waals surface area contributed by atoms with Crippen LogP contribution in [0.2, 0.25) is 5.02 Å². The molecule has 0 radical (unpaired) electrons. The van der Waals surface area contributed by atoms with Gasteiger partial charge in [-0.15, -0.1) is 0 Å². The Balaban J connectivity index is 1.30. The second kappa shape index (κ2) is 10.1. The second-order valence-corrected chi connectivity index (χ2v) is 8.75. The maximum atomic E-state index is 13.1. The summed E-state index contributed by atoms with van der Waals surface area (Å²) in [6, 6.07) is 5.11. The molecule has 3 aliphatic rings. The molecule has 1 aromatic carbocycles. The lowest BCUT2D eigenvalue weighted by molar-refractivity contribution is -0.139. The van der Waals surface area contributed by atoms with Crippen LogP contribution in [0.1, 0.15) is 6.42 Å². The van der Waals surface area contributed by atoms with Crippen molar-refractivity contribution in [1.29, 1.82) is 0 Å². The molecule has 0 N–H and O–H groups in total. The molecule has 3 amide bonds. The van der Waals surface area contributed by atoms with Gasteiger partial charge in [-0.1, -0.05) is 11.6 Å². The quantitative estimate of drug-likeness (QED) is 0.638. The molecule has 10 heteroatoms. The summed E-state index contributed by atoms with van der Waals surface area (Å²) in [5.74, 6) is 0.141. The minimum Gasteiger partial charge on any atom is -0.495 e. The molecule has 3 heterocycles. The molecule has 3 saturated heterocycles. The van der Waals surface area contributed by atoms with Crippen LogP contribution in [0.25, 0.3) is 0 Å². The third-order valence-electron chi connectivity index (χ3n) is 6.31. The van der Waals surface area contributed by atoms with Gasteiger partial charge in [0.2, 0.25) is 17.7 Å². The molecule has 174 valence electrons. The Morgan fingerprint density at radius 1 is 1.09 bits per heavy atom.